The van der Waals surface area contributed by atoms with E-state index in [9.17, 15) is 4.39 Å². The third kappa shape index (κ3) is 3.32. The number of hydrogen-bond acceptors (Lipinski definition) is 3. The molecule has 20 heavy (non-hydrogen) atoms. The van der Waals surface area contributed by atoms with E-state index in [2.05, 4.69) is 29.1 Å². The summed E-state index contributed by atoms with van der Waals surface area (Å²) in [6.45, 7) is 6.06. The summed E-state index contributed by atoms with van der Waals surface area (Å²) in [6.07, 6.45) is 0.893. The van der Waals surface area contributed by atoms with E-state index in [1.165, 1.54) is 6.07 Å². The minimum atomic E-state index is -0.207. The SMILES string of the molecule is CNc1cc(CC(C)C)nc(-c2ccc(F)c(C)c2)n1. The van der Waals surface area contributed by atoms with Crippen LogP contribution in [0.25, 0.3) is 11.4 Å². The van der Waals surface area contributed by atoms with Crippen LogP contribution in [-0.2, 0) is 6.42 Å². The Labute approximate surface area is 119 Å². The Morgan fingerprint density at radius 3 is 2.55 bits per heavy atom. The van der Waals surface area contributed by atoms with Gasteiger partial charge < -0.3 is 5.32 Å². The number of halogens is 1. The first kappa shape index (κ1) is 14.4. The molecule has 1 aromatic carbocycles. The highest BCUT2D eigenvalue weighted by molar-refractivity contribution is 5.58. The third-order valence-corrected chi connectivity index (χ3v) is 3.07. The molecule has 0 aliphatic rings. The number of rotatable bonds is 4. The maximum atomic E-state index is 13.4. The standard InChI is InChI=1S/C16H20FN3/c1-10(2)7-13-9-15(18-4)20-16(19-13)12-5-6-14(17)11(3)8-12/h5-6,8-10H,7H2,1-4H3,(H,18,19,20). The molecule has 2 rings (SSSR count). The summed E-state index contributed by atoms with van der Waals surface area (Å²) in [7, 11) is 1.83. The summed E-state index contributed by atoms with van der Waals surface area (Å²) in [5.41, 5.74) is 2.44. The van der Waals surface area contributed by atoms with E-state index in [0.29, 0.717) is 17.3 Å². The van der Waals surface area contributed by atoms with E-state index >= 15 is 0 Å². The molecule has 1 heterocycles. The van der Waals surface area contributed by atoms with E-state index in [0.717, 1.165) is 23.5 Å². The van der Waals surface area contributed by atoms with Crippen molar-refractivity contribution in [3.05, 3.63) is 41.3 Å². The van der Waals surface area contributed by atoms with Gasteiger partial charge in [-0.15, -0.1) is 0 Å². The quantitative estimate of drug-likeness (QED) is 0.920. The Morgan fingerprint density at radius 1 is 1.20 bits per heavy atom. The Bertz CT molecular complexity index is 609. The van der Waals surface area contributed by atoms with Gasteiger partial charge in [0.25, 0.3) is 0 Å². The Morgan fingerprint density at radius 2 is 1.95 bits per heavy atom. The number of aryl methyl sites for hydroxylation is 1. The molecule has 0 atom stereocenters. The van der Waals surface area contributed by atoms with Gasteiger partial charge in [0, 0.05) is 24.4 Å². The van der Waals surface area contributed by atoms with Gasteiger partial charge in [0.1, 0.15) is 11.6 Å². The molecule has 0 aliphatic carbocycles. The number of aromatic nitrogens is 2. The molecule has 4 heteroatoms. The molecule has 106 valence electrons. The molecule has 2 aromatic rings. The first-order valence-electron chi connectivity index (χ1n) is 6.82. The van der Waals surface area contributed by atoms with Crippen LogP contribution in [-0.4, -0.2) is 17.0 Å². The maximum Gasteiger partial charge on any atom is 0.161 e. The number of benzene rings is 1. The van der Waals surface area contributed by atoms with Crippen LogP contribution in [0.2, 0.25) is 0 Å². The van der Waals surface area contributed by atoms with Gasteiger partial charge >= 0.3 is 0 Å². The Hall–Kier alpha value is -1.97. The zero-order valence-electron chi connectivity index (χ0n) is 12.4. The lowest BCUT2D eigenvalue weighted by molar-refractivity contribution is 0.618. The van der Waals surface area contributed by atoms with Crippen LogP contribution in [0.4, 0.5) is 10.2 Å². The van der Waals surface area contributed by atoms with E-state index in [4.69, 9.17) is 0 Å². The molecule has 0 saturated carbocycles. The van der Waals surface area contributed by atoms with E-state index in [1.54, 1.807) is 19.1 Å². The fourth-order valence-corrected chi connectivity index (χ4v) is 2.06. The van der Waals surface area contributed by atoms with Crippen molar-refractivity contribution in [1.82, 2.24) is 9.97 Å². The van der Waals surface area contributed by atoms with Gasteiger partial charge in [-0.25, -0.2) is 14.4 Å². The lowest BCUT2D eigenvalue weighted by atomic mass is 10.1. The Kier molecular flexibility index (Phi) is 4.32. The predicted octanol–water partition coefficient (Wildman–Crippen LogP) is 3.83. The summed E-state index contributed by atoms with van der Waals surface area (Å²) >= 11 is 0. The topological polar surface area (TPSA) is 37.8 Å². The molecule has 0 radical (unpaired) electrons. The first-order chi connectivity index (χ1) is 9.49. The molecular formula is C16H20FN3. The second kappa shape index (κ2) is 5.99. The molecule has 0 spiro atoms. The molecule has 0 aliphatic heterocycles. The van der Waals surface area contributed by atoms with Crippen LogP contribution in [0, 0.1) is 18.7 Å². The van der Waals surface area contributed by atoms with Gasteiger partial charge in [0.15, 0.2) is 5.82 Å². The monoisotopic (exact) mass is 273 g/mol. The summed E-state index contributed by atoms with van der Waals surface area (Å²) in [4.78, 5) is 9.04. The number of nitrogens with zero attached hydrogens (tertiary/aromatic N) is 2. The van der Waals surface area contributed by atoms with Crippen molar-refractivity contribution in [2.75, 3.05) is 12.4 Å². The summed E-state index contributed by atoms with van der Waals surface area (Å²) in [5, 5.41) is 3.05. The van der Waals surface area contributed by atoms with Gasteiger partial charge in [0.2, 0.25) is 0 Å². The minimum absolute atomic E-state index is 0.207. The molecule has 0 unspecified atom stereocenters. The minimum Gasteiger partial charge on any atom is -0.373 e. The fourth-order valence-electron chi connectivity index (χ4n) is 2.06. The Balaban J connectivity index is 2.46. The van der Waals surface area contributed by atoms with Crippen LogP contribution in [0.3, 0.4) is 0 Å². The zero-order valence-corrected chi connectivity index (χ0v) is 12.4. The van der Waals surface area contributed by atoms with Crippen molar-refractivity contribution < 1.29 is 4.39 Å². The van der Waals surface area contributed by atoms with E-state index < -0.39 is 0 Å². The largest absolute Gasteiger partial charge is 0.373 e. The van der Waals surface area contributed by atoms with Crippen molar-refractivity contribution in [2.24, 2.45) is 5.92 Å². The number of nitrogens with one attached hydrogen (secondary N) is 1. The first-order valence-corrected chi connectivity index (χ1v) is 6.82. The predicted molar refractivity (Wildman–Crippen MR) is 80.3 cm³/mol. The average molecular weight is 273 g/mol. The van der Waals surface area contributed by atoms with Crippen LogP contribution in [0.1, 0.15) is 25.1 Å². The van der Waals surface area contributed by atoms with Gasteiger partial charge in [-0.05, 0) is 43.0 Å². The highest BCUT2D eigenvalue weighted by Crippen LogP contribution is 2.21. The summed E-state index contributed by atoms with van der Waals surface area (Å²) in [5.74, 6) is 1.74. The highest BCUT2D eigenvalue weighted by Gasteiger charge is 2.09. The van der Waals surface area contributed by atoms with Crippen molar-refractivity contribution in [2.45, 2.75) is 27.2 Å². The molecule has 0 fully saturated rings. The van der Waals surface area contributed by atoms with Crippen LogP contribution in [0.5, 0.6) is 0 Å². The van der Waals surface area contributed by atoms with Gasteiger partial charge in [-0.3, -0.25) is 0 Å². The molecule has 1 aromatic heterocycles. The second-order valence-electron chi connectivity index (χ2n) is 5.38. The lowest BCUT2D eigenvalue weighted by Gasteiger charge is -2.10. The molecule has 0 bridgehead atoms. The van der Waals surface area contributed by atoms with E-state index in [-0.39, 0.29) is 5.82 Å². The van der Waals surface area contributed by atoms with Crippen molar-refractivity contribution >= 4 is 5.82 Å². The van der Waals surface area contributed by atoms with Gasteiger partial charge in [0.05, 0.1) is 0 Å². The number of hydrogen-bond donors (Lipinski definition) is 1. The third-order valence-electron chi connectivity index (χ3n) is 3.07. The smallest absolute Gasteiger partial charge is 0.161 e. The molecule has 3 nitrogen and oxygen atoms in total. The van der Waals surface area contributed by atoms with Gasteiger partial charge in [-0.2, -0.15) is 0 Å². The van der Waals surface area contributed by atoms with E-state index in [1.807, 2.05) is 13.1 Å². The second-order valence-corrected chi connectivity index (χ2v) is 5.38. The van der Waals surface area contributed by atoms with Crippen LogP contribution >= 0.6 is 0 Å². The van der Waals surface area contributed by atoms with Crippen molar-refractivity contribution in [3.63, 3.8) is 0 Å². The fraction of sp³-hybridized carbons (Fsp3) is 0.375. The molecule has 0 saturated heterocycles. The summed E-state index contributed by atoms with van der Waals surface area (Å²) in [6, 6.07) is 6.92. The molecule has 1 N–H and O–H groups in total. The van der Waals surface area contributed by atoms with Crippen molar-refractivity contribution in [3.8, 4) is 11.4 Å². The summed E-state index contributed by atoms with van der Waals surface area (Å²) < 4.78 is 13.4. The number of anilines is 1. The average Bonchev–Trinajstić information content (AvgIpc) is 2.40. The maximum absolute atomic E-state index is 13.4. The highest BCUT2D eigenvalue weighted by atomic mass is 19.1. The van der Waals surface area contributed by atoms with Crippen molar-refractivity contribution in [1.29, 1.82) is 0 Å². The molecule has 0 amide bonds. The molecular weight excluding hydrogens is 253 g/mol. The van der Waals surface area contributed by atoms with Crippen LogP contribution in [0.15, 0.2) is 24.3 Å². The normalized spacial score (nSPS) is 10.9. The van der Waals surface area contributed by atoms with Gasteiger partial charge in [-0.1, -0.05) is 13.8 Å². The lowest BCUT2D eigenvalue weighted by Crippen LogP contribution is -2.04. The zero-order chi connectivity index (χ0) is 14.7. The van der Waals surface area contributed by atoms with Crippen LogP contribution < -0.4 is 5.32 Å².